The van der Waals surface area contributed by atoms with Crippen LogP contribution in [-0.4, -0.2) is 39.9 Å². The van der Waals surface area contributed by atoms with Gasteiger partial charge in [0.05, 0.1) is 5.52 Å². The van der Waals surface area contributed by atoms with Crippen molar-refractivity contribution in [2.75, 3.05) is 13.1 Å². The number of carbonyl (C=O) groups excluding carboxylic acids is 1. The summed E-state index contributed by atoms with van der Waals surface area (Å²) in [6, 6.07) is 12.0. The summed E-state index contributed by atoms with van der Waals surface area (Å²) in [6.45, 7) is 1.59. The third kappa shape index (κ3) is 6.41. The van der Waals surface area contributed by atoms with Crippen molar-refractivity contribution in [3.05, 3.63) is 99.2 Å². The molecule has 1 amide bonds. The second-order valence-corrected chi connectivity index (χ2v) is 10.0. The minimum absolute atomic E-state index is 0.120. The molecule has 1 N–H and O–H groups in total. The van der Waals surface area contributed by atoms with Crippen molar-refractivity contribution < 1.29 is 27.1 Å². The molecule has 3 heterocycles. The first-order chi connectivity index (χ1) is 19.1. The lowest BCUT2D eigenvalue weighted by atomic mass is 10.0. The molecule has 0 unspecified atom stereocenters. The van der Waals surface area contributed by atoms with E-state index in [1.807, 2.05) is 24.3 Å². The molecule has 12 heteroatoms. The van der Waals surface area contributed by atoms with E-state index in [1.165, 1.54) is 10.8 Å². The summed E-state index contributed by atoms with van der Waals surface area (Å²) in [5, 5.41) is 3.99. The molecule has 1 aliphatic rings. The summed E-state index contributed by atoms with van der Waals surface area (Å²) in [4.78, 5) is 19.3. The van der Waals surface area contributed by atoms with E-state index in [9.17, 15) is 22.4 Å². The van der Waals surface area contributed by atoms with E-state index in [2.05, 4.69) is 19.9 Å². The highest BCUT2D eigenvalue weighted by Gasteiger charge is 2.34. The lowest BCUT2D eigenvalue weighted by molar-refractivity contribution is -0.275. The highest BCUT2D eigenvalue weighted by atomic mass is 35.5. The van der Waals surface area contributed by atoms with Crippen LogP contribution in [0.15, 0.2) is 60.8 Å². The molecule has 6 nitrogen and oxygen atoms in total. The van der Waals surface area contributed by atoms with Crippen molar-refractivity contribution in [3.8, 4) is 5.75 Å². The normalized spacial score (nSPS) is 14.1. The van der Waals surface area contributed by atoms with Crippen LogP contribution in [0, 0.1) is 5.82 Å². The highest BCUT2D eigenvalue weighted by Crippen LogP contribution is 2.36. The second-order valence-electron chi connectivity index (χ2n) is 9.19. The summed E-state index contributed by atoms with van der Waals surface area (Å²) in [6.07, 6.45) is 0.768. The van der Waals surface area contributed by atoms with Crippen LogP contribution >= 0.6 is 23.2 Å². The molecular formula is C28H22Cl2F4N4O2. The van der Waals surface area contributed by atoms with Crippen LogP contribution in [0.1, 0.15) is 22.4 Å². The number of nitrogens with one attached hydrogen (secondary N) is 1. The van der Waals surface area contributed by atoms with Crippen LogP contribution in [-0.2, 0) is 19.5 Å². The monoisotopic (exact) mass is 592 g/mol. The molecule has 40 heavy (non-hydrogen) atoms. The molecule has 2 aromatic carbocycles. The molecule has 2 aromatic heterocycles. The molecular weight excluding hydrogens is 571 g/mol. The molecule has 0 atom stereocenters. The van der Waals surface area contributed by atoms with Crippen LogP contribution < -0.4 is 10.1 Å². The minimum Gasteiger partial charge on any atom is -0.403 e. The van der Waals surface area contributed by atoms with E-state index in [0.29, 0.717) is 53.3 Å². The highest BCUT2D eigenvalue weighted by molar-refractivity contribution is 6.30. The first-order valence-corrected chi connectivity index (χ1v) is 13.0. The predicted molar refractivity (Wildman–Crippen MR) is 145 cm³/mol. The summed E-state index contributed by atoms with van der Waals surface area (Å²) in [7, 11) is 0. The number of carbonyl (C=O) groups is 1. The Kier molecular flexibility index (Phi) is 8.02. The van der Waals surface area contributed by atoms with E-state index in [0.717, 1.165) is 17.7 Å². The van der Waals surface area contributed by atoms with E-state index in [-0.39, 0.29) is 17.2 Å². The fraction of sp³-hybridized carbons (Fsp3) is 0.214. The summed E-state index contributed by atoms with van der Waals surface area (Å²) in [5.41, 5.74) is 3.05. The Labute approximate surface area is 236 Å². The number of amides is 1. The molecule has 0 saturated carbocycles. The molecule has 208 valence electrons. The molecule has 4 aromatic rings. The van der Waals surface area contributed by atoms with Gasteiger partial charge in [-0.3, -0.25) is 9.47 Å². The van der Waals surface area contributed by atoms with Crippen LogP contribution in [0.3, 0.4) is 0 Å². The number of ether oxygens (including phenoxy) is 1. The van der Waals surface area contributed by atoms with E-state index < -0.39 is 24.0 Å². The number of halogens is 6. The number of hydrogen-bond acceptors (Lipinski definition) is 4. The minimum atomic E-state index is -5.07. The average Bonchev–Trinajstić information content (AvgIpc) is 3.20. The molecule has 0 aliphatic carbocycles. The Morgan fingerprint density at radius 1 is 1.12 bits per heavy atom. The number of alkyl halides is 3. The maximum atomic E-state index is 14.8. The Hall–Kier alpha value is -3.60. The zero-order chi connectivity index (χ0) is 28.4. The van der Waals surface area contributed by atoms with E-state index in [1.54, 1.807) is 24.3 Å². The topological polar surface area (TPSA) is 59.4 Å². The lowest BCUT2D eigenvalue weighted by Gasteiger charge is -2.27. The average molecular weight is 593 g/mol. The van der Waals surface area contributed by atoms with Gasteiger partial charge in [0.2, 0.25) is 0 Å². The van der Waals surface area contributed by atoms with Crippen molar-refractivity contribution >= 4 is 46.2 Å². The number of benzene rings is 2. The van der Waals surface area contributed by atoms with Crippen LogP contribution in [0.2, 0.25) is 10.2 Å². The van der Waals surface area contributed by atoms with Gasteiger partial charge in [0.1, 0.15) is 5.15 Å². The number of nitrogens with zero attached hydrogens (tertiary/aromatic N) is 3. The fourth-order valence-electron chi connectivity index (χ4n) is 4.72. The number of aromatic nitrogens is 2. The zero-order valence-electron chi connectivity index (χ0n) is 20.8. The predicted octanol–water partition coefficient (Wildman–Crippen LogP) is 7.21. The van der Waals surface area contributed by atoms with Crippen LogP contribution in [0.5, 0.6) is 5.75 Å². The lowest BCUT2D eigenvalue weighted by Crippen LogP contribution is -2.34. The molecule has 0 radical (unpaired) electrons. The zero-order valence-corrected chi connectivity index (χ0v) is 22.3. The van der Waals surface area contributed by atoms with Crippen molar-refractivity contribution in [3.63, 3.8) is 0 Å². The Balaban J connectivity index is 1.45. The fourth-order valence-corrected chi connectivity index (χ4v) is 5.05. The van der Waals surface area contributed by atoms with Gasteiger partial charge >= 0.3 is 12.4 Å². The second kappa shape index (κ2) is 11.5. The quantitative estimate of drug-likeness (QED) is 0.190. The first kappa shape index (κ1) is 27.9. The molecule has 0 saturated heterocycles. The third-order valence-corrected chi connectivity index (χ3v) is 6.95. The number of pyridine rings is 1. The summed E-state index contributed by atoms with van der Waals surface area (Å²) in [5.74, 6) is -2.18. The number of rotatable bonds is 6. The van der Waals surface area contributed by atoms with Crippen molar-refractivity contribution in [2.24, 2.45) is 0 Å². The smallest absolute Gasteiger partial charge is 0.403 e. The standard InChI is InChI=1S/C28H22Cl2F4N4O2/c29-19-5-3-17(4-6-19)2-1-10-37-11-8-23-21(16-37)20-13-25(40-28(32,33)34)22(31)14-24(20)38(23)27(39)36-15-18-7-9-35-26(30)12-18/h1-7,9,12-14H,8,10-11,15-16H2,(H,36,39). The Morgan fingerprint density at radius 3 is 2.62 bits per heavy atom. The van der Waals surface area contributed by atoms with E-state index >= 15 is 0 Å². The first-order valence-electron chi connectivity index (χ1n) is 12.2. The maximum absolute atomic E-state index is 14.8. The van der Waals surface area contributed by atoms with Gasteiger partial charge in [-0.1, -0.05) is 47.5 Å². The Bertz CT molecular complexity index is 1590. The summed E-state index contributed by atoms with van der Waals surface area (Å²) >= 11 is 11.9. The largest absolute Gasteiger partial charge is 0.573 e. The Morgan fingerprint density at radius 2 is 1.90 bits per heavy atom. The molecule has 0 fully saturated rings. The molecule has 0 bridgehead atoms. The molecule has 5 rings (SSSR count). The van der Waals surface area contributed by atoms with Gasteiger partial charge in [-0.25, -0.2) is 14.2 Å². The third-order valence-electron chi connectivity index (χ3n) is 6.49. The maximum Gasteiger partial charge on any atom is 0.573 e. The SMILES string of the molecule is O=C(NCc1ccnc(Cl)c1)n1c2c(c3cc(OC(F)(F)F)c(F)cc31)CN(CC=Cc1ccc(Cl)cc1)CC2. The van der Waals surface area contributed by atoms with Crippen LogP contribution in [0.25, 0.3) is 17.0 Å². The number of fused-ring (bicyclic) bond motifs is 3. The van der Waals surface area contributed by atoms with Gasteiger partial charge in [-0.2, -0.15) is 0 Å². The van der Waals surface area contributed by atoms with Crippen molar-refractivity contribution in [1.82, 2.24) is 19.8 Å². The van der Waals surface area contributed by atoms with Gasteiger partial charge in [-0.05, 0) is 47.0 Å². The van der Waals surface area contributed by atoms with Crippen molar-refractivity contribution in [2.45, 2.75) is 25.9 Å². The van der Waals surface area contributed by atoms with Gasteiger partial charge in [0.25, 0.3) is 0 Å². The van der Waals surface area contributed by atoms with Crippen molar-refractivity contribution in [1.29, 1.82) is 0 Å². The number of hydrogen-bond donors (Lipinski definition) is 1. The van der Waals surface area contributed by atoms with Gasteiger partial charge in [-0.15, -0.1) is 13.2 Å². The van der Waals surface area contributed by atoms with Gasteiger partial charge < -0.3 is 10.1 Å². The molecule has 0 spiro atoms. The van der Waals surface area contributed by atoms with Gasteiger partial charge in [0.15, 0.2) is 11.6 Å². The summed E-state index contributed by atoms with van der Waals surface area (Å²) < 4.78 is 58.9. The van der Waals surface area contributed by atoms with Crippen LogP contribution in [0.4, 0.5) is 22.4 Å². The van der Waals surface area contributed by atoms with Gasteiger partial charge in [0, 0.05) is 61.0 Å². The molecule has 1 aliphatic heterocycles. The van der Waals surface area contributed by atoms with E-state index in [4.69, 9.17) is 23.2 Å².